The van der Waals surface area contributed by atoms with E-state index < -0.39 is 5.41 Å². The van der Waals surface area contributed by atoms with Crippen molar-refractivity contribution in [2.75, 3.05) is 5.32 Å². The monoisotopic (exact) mass is 196 g/mol. The number of anilines is 1. The van der Waals surface area contributed by atoms with Crippen LogP contribution >= 0.6 is 11.5 Å². The summed E-state index contributed by atoms with van der Waals surface area (Å²) < 4.78 is 3.72. The maximum absolute atomic E-state index is 11.4. The summed E-state index contributed by atoms with van der Waals surface area (Å²) in [5, 5.41) is 11.6. The first-order valence-electron chi connectivity index (χ1n) is 3.55. The molecular weight excluding hydrogens is 188 g/mol. The van der Waals surface area contributed by atoms with Gasteiger partial charge in [0.25, 0.3) is 0 Å². The van der Waals surface area contributed by atoms with Crippen LogP contribution in [0.1, 0.15) is 13.8 Å². The zero-order valence-electron chi connectivity index (χ0n) is 7.24. The highest BCUT2D eigenvalue weighted by atomic mass is 32.1. The van der Waals surface area contributed by atoms with Crippen molar-refractivity contribution in [1.82, 2.24) is 9.36 Å². The molecule has 6 heteroatoms. The highest BCUT2D eigenvalue weighted by Crippen LogP contribution is 2.17. The number of hydrogen-bond acceptors (Lipinski definition) is 5. The van der Waals surface area contributed by atoms with E-state index in [1.165, 1.54) is 6.33 Å². The Labute approximate surface area is 79.6 Å². The molecule has 0 fully saturated rings. The molecule has 0 atom stereocenters. The van der Waals surface area contributed by atoms with Crippen molar-refractivity contribution < 1.29 is 4.79 Å². The minimum Gasteiger partial charge on any atom is -0.299 e. The summed E-state index contributed by atoms with van der Waals surface area (Å²) in [6.07, 6.45) is 1.35. The largest absolute Gasteiger partial charge is 0.299 e. The van der Waals surface area contributed by atoms with E-state index in [9.17, 15) is 4.79 Å². The number of rotatable bonds is 2. The fourth-order valence-electron chi connectivity index (χ4n) is 0.532. The Bertz CT molecular complexity index is 338. The topological polar surface area (TPSA) is 78.7 Å². The third kappa shape index (κ3) is 2.23. The second-order valence-electron chi connectivity index (χ2n) is 2.94. The minimum absolute atomic E-state index is 0.369. The number of nitriles is 1. The van der Waals surface area contributed by atoms with Gasteiger partial charge in [-0.3, -0.25) is 10.1 Å². The zero-order chi connectivity index (χ0) is 9.90. The maximum atomic E-state index is 11.4. The molecule has 1 rings (SSSR count). The Hall–Kier alpha value is -1.48. The van der Waals surface area contributed by atoms with Gasteiger partial charge >= 0.3 is 0 Å². The van der Waals surface area contributed by atoms with E-state index in [1.54, 1.807) is 13.8 Å². The van der Waals surface area contributed by atoms with Gasteiger partial charge in [-0.05, 0) is 13.8 Å². The molecule has 0 unspecified atom stereocenters. The second-order valence-corrected chi connectivity index (χ2v) is 3.72. The molecule has 1 heterocycles. The summed E-state index contributed by atoms with van der Waals surface area (Å²) in [4.78, 5) is 15.1. The summed E-state index contributed by atoms with van der Waals surface area (Å²) in [5.74, 6) is -0.369. The van der Waals surface area contributed by atoms with E-state index in [1.807, 2.05) is 6.07 Å². The molecular formula is C7H8N4OS. The van der Waals surface area contributed by atoms with Crippen molar-refractivity contribution in [2.24, 2.45) is 5.41 Å². The molecule has 13 heavy (non-hydrogen) atoms. The standard InChI is InChI=1S/C7H8N4OS/c1-7(2,3-8)5(12)11-6-9-4-10-13-6/h4H,1-2H3,(H,9,10,11,12). The van der Waals surface area contributed by atoms with Crippen LogP contribution in [0, 0.1) is 16.7 Å². The number of nitrogens with one attached hydrogen (secondary N) is 1. The van der Waals surface area contributed by atoms with Gasteiger partial charge in [0.1, 0.15) is 11.7 Å². The Morgan fingerprint density at radius 1 is 1.77 bits per heavy atom. The van der Waals surface area contributed by atoms with Gasteiger partial charge in [-0.25, -0.2) is 4.98 Å². The molecule has 1 amide bonds. The Morgan fingerprint density at radius 2 is 2.46 bits per heavy atom. The molecule has 68 valence electrons. The van der Waals surface area contributed by atoms with Crippen LogP contribution in [0.5, 0.6) is 0 Å². The second kappa shape index (κ2) is 3.49. The quantitative estimate of drug-likeness (QED) is 0.766. The lowest BCUT2D eigenvalue weighted by molar-refractivity contribution is -0.121. The molecule has 0 saturated heterocycles. The first kappa shape index (κ1) is 9.61. The van der Waals surface area contributed by atoms with Crippen LogP contribution in [0.25, 0.3) is 0 Å². The van der Waals surface area contributed by atoms with Gasteiger partial charge in [-0.1, -0.05) is 0 Å². The fraction of sp³-hybridized carbons (Fsp3) is 0.429. The molecule has 0 aliphatic heterocycles. The minimum atomic E-state index is -1.04. The van der Waals surface area contributed by atoms with Crippen LogP contribution in [0.2, 0.25) is 0 Å². The molecule has 0 spiro atoms. The van der Waals surface area contributed by atoms with Gasteiger partial charge < -0.3 is 0 Å². The van der Waals surface area contributed by atoms with E-state index in [2.05, 4.69) is 14.7 Å². The molecule has 0 aliphatic rings. The molecule has 0 radical (unpaired) electrons. The molecule has 1 aromatic heterocycles. The maximum Gasteiger partial charge on any atom is 0.246 e. The van der Waals surface area contributed by atoms with Crippen LogP contribution in [-0.4, -0.2) is 15.3 Å². The van der Waals surface area contributed by atoms with E-state index >= 15 is 0 Å². The van der Waals surface area contributed by atoms with Crippen LogP contribution in [0.15, 0.2) is 6.33 Å². The number of carbonyl (C=O) groups is 1. The zero-order valence-corrected chi connectivity index (χ0v) is 8.05. The van der Waals surface area contributed by atoms with Gasteiger partial charge in [-0.15, -0.1) is 0 Å². The van der Waals surface area contributed by atoms with Crippen molar-refractivity contribution in [3.05, 3.63) is 6.33 Å². The van der Waals surface area contributed by atoms with E-state index in [0.29, 0.717) is 5.13 Å². The van der Waals surface area contributed by atoms with Crippen molar-refractivity contribution >= 4 is 22.6 Å². The van der Waals surface area contributed by atoms with Gasteiger partial charge in [0, 0.05) is 11.5 Å². The molecule has 1 aromatic rings. The van der Waals surface area contributed by atoms with Crippen LogP contribution in [0.3, 0.4) is 0 Å². The summed E-state index contributed by atoms with van der Waals surface area (Å²) in [7, 11) is 0. The average Bonchev–Trinajstić information content (AvgIpc) is 2.57. The van der Waals surface area contributed by atoms with Crippen LogP contribution in [0.4, 0.5) is 5.13 Å². The van der Waals surface area contributed by atoms with Crippen molar-refractivity contribution in [2.45, 2.75) is 13.8 Å². The number of hydrogen-bond donors (Lipinski definition) is 1. The Kier molecular flexibility index (Phi) is 2.58. The summed E-state index contributed by atoms with van der Waals surface area (Å²) in [6.45, 7) is 3.09. The van der Waals surface area contributed by atoms with Gasteiger partial charge in [0.05, 0.1) is 6.07 Å². The summed E-state index contributed by atoms with van der Waals surface area (Å²) >= 11 is 1.08. The lowest BCUT2D eigenvalue weighted by Gasteiger charge is -2.12. The molecule has 5 nitrogen and oxygen atoms in total. The molecule has 0 saturated carbocycles. The first-order chi connectivity index (χ1) is 6.06. The number of amides is 1. The number of aromatic nitrogens is 2. The predicted octanol–water partition coefficient (Wildman–Crippen LogP) is 1.03. The molecule has 0 aliphatic carbocycles. The van der Waals surface area contributed by atoms with Crippen molar-refractivity contribution in [3.63, 3.8) is 0 Å². The predicted molar refractivity (Wildman–Crippen MR) is 47.9 cm³/mol. The van der Waals surface area contributed by atoms with Gasteiger partial charge in [0.2, 0.25) is 11.0 Å². The average molecular weight is 196 g/mol. The molecule has 0 aromatic carbocycles. The molecule has 1 N–H and O–H groups in total. The number of carbonyl (C=O) groups excluding carboxylic acids is 1. The normalized spacial score (nSPS) is 10.5. The first-order valence-corrected chi connectivity index (χ1v) is 4.33. The van der Waals surface area contributed by atoms with E-state index in [-0.39, 0.29) is 5.91 Å². The summed E-state index contributed by atoms with van der Waals surface area (Å²) in [5.41, 5.74) is -1.04. The van der Waals surface area contributed by atoms with E-state index in [0.717, 1.165) is 11.5 Å². The lowest BCUT2D eigenvalue weighted by Crippen LogP contribution is -2.29. The summed E-state index contributed by atoms with van der Waals surface area (Å²) in [6, 6.07) is 1.90. The smallest absolute Gasteiger partial charge is 0.246 e. The highest BCUT2D eigenvalue weighted by molar-refractivity contribution is 7.09. The van der Waals surface area contributed by atoms with Crippen molar-refractivity contribution in [1.29, 1.82) is 5.26 Å². The Balaban J connectivity index is 2.68. The third-order valence-electron chi connectivity index (χ3n) is 1.43. The van der Waals surface area contributed by atoms with Gasteiger partial charge in [0.15, 0.2) is 0 Å². The fourth-order valence-corrected chi connectivity index (χ4v) is 0.959. The lowest BCUT2D eigenvalue weighted by atomic mass is 9.95. The molecule has 0 bridgehead atoms. The number of nitrogens with zero attached hydrogens (tertiary/aromatic N) is 3. The highest BCUT2D eigenvalue weighted by Gasteiger charge is 2.27. The third-order valence-corrected chi connectivity index (χ3v) is 2.01. The Morgan fingerprint density at radius 3 is 2.92 bits per heavy atom. The van der Waals surface area contributed by atoms with Gasteiger partial charge in [-0.2, -0.15) is 9.64 Å². The van der Waals surface area contributed by atoms with Crippen molar-refractivity contribution in [3.8, 4) is 6.07 Å². The van der Waals surface area contributed by atoms with Crippen LogP contribution < -0.4 is 5.32 Å². The SMILES string of the molecule is CC(C)(C#N)C(=O)Nc1ncns1. The van der Waals surface area contributed by atoms with Crippen LogP contribution in [-0.2, 0) is 4.79 Å². The van der Waals surface area contributed by atoms with E-state index in [4.69, 9.17) is 5.26 Å².